The molecule has 1 atom stereocenters. The van der Waals surface area contributed by atoms with Crippen molar-refractivity contribution in [2.45, 2.75) is 18.6 Å². The highest BCUT2D eigenvalue weighted by Crippen LogP contribution is 2.33. The van der Waals surface area contributed by atoms with Crippen LogP contribution in [-0.2, 0) is 4.79 Å². The third-order valence-electron chi connectivity index (χ3n) is 3.27. The number of carbonyl (C=O) groups excluding carboxylic acids is 1. The highest BCUT2D eigenvalue weighted by molar-refractivity contribution is 8.39. The lowest BCUT2D eigenvalue weighted by Crippen LogP contribution is -2.25. The summed E-state index contributed by atoms with van der Waals surface area (Å²) in [7, 11) is 0. The molecule has 0 fully saturated rings. The van der Waals surface area contributed by atoms with Gasteiger partial charge >= 0.3 is 0 Å². The van der Waals surface area contributed by atoms with Gasteiger partial charge in [0.05, 0.1) is 11.8 Å². The van der Waals surface area contributed by atoms with Crippen molar-refractivity contribution in [2.75, 3.05) is 30.8 Å². The first-order chi connectivity index (χ1) is 10.8. The van der Waals surface area contributed by atoms with Crippen LogP contribution in [0.15, 0.2) is 23.2 Å². The van der Waals surface area contributed by atoms with Gasteiger partial charge in [-0.3, -0.25) is 9.79 Å². The number of nitrogens with zero attached hydrogens (tertiary/aromatic N) is 1. The number of aliphatic imine (C=N–C) groups is 1. The molecule has 3 rings (SSSR count). The van der Waals surface area contributed by atoms with Gasteiger partial charge in [0.2, 0.25) is 5.91 Å². The molecule has 0 spiro atoms. The maximum atomic E-state index is 12.4. The van der Waals surface area contributed by atoms with E-state index in [0.717, 1.165) is 34.5 Å². The second kappa shape index (κ2) is 7.28. The summed E-state index contributed by atoms with van der Waals surface area (Å²) < 4.78 is 12.0. The van der Waals surface area contributed by atoms with Crippen LogP contribution in [0.2, 0.25) is 0 Å². The Labute approximate surface area is 138 Å². The highest BCUT2D eigenvalue weighted by atomic mass is 32.2. The van der Waals surface area contributed by atoms with E-state index in [-0.39, 0.29) is 11.2 Å². The summed E-state index contributed by atoms with van der Waals surface area (Å²) in [4.78, 5) is 16.8. The van der Waals surface area contributed by atoms with Gasteiger partial charge in [-0.15, -0.1) is 0 Å². The Kier molecular flexibility index (Phi) is 5.15. The molecule has 1 N–H and O–H groups in total. The molecule has 118 valence electrons. The average molecular weight is 338 g/mol. The minimum absolute atomic E-state index is 0.000576. The first kappa shape index (κ1) is 15.6. The van der Waals surface area contributed by atoms with E-state index in [9.17, 15) is 4.79 Å². The molecule has 0 saturated heterocycles. The molecular weight excluding hydrogens is 320 g/mol. The molecule has 0 aromatic heterocycles. The molecule has 1 aromatic rings. The van der Waals surface area contributed by atoms with Crippen molar-refractivity contribution < 1.29 is 14.3 Å². The molecule has 0 radical (unpaired) electrons. The summed E-state index contributed by atoms with van der Waals surface area (Å²) in [6.45, 7) is 3.97. The summed E-state index contributed by atoms with van der Waals surface area (Å²) >= 11 is 3.28. The molecule has 1 unspecified atom stereocenters. The summed E-state index contributed by atoms with van der Waals surface area (Å²) in [5.41, 5.74) is 0.731. The summed E-state index contributed by atoms with van der Waals surface area (Å²) in [5, 5.41) is 2.83. The van der Waals surface area contributed by atoms with Crippen molar-refractivity contribution in [1.29, 1.82) is 0 Å². The Hall–Kier alpha value is -1.34. The molecule has 1 aromatic carbocycles. The fraction of sp³-hybridized carbons (Fsp3) is 0.467. The number of ether oxygens (including phenoxy) is 2. The fourth-order valence-corrected chi connectivity index (χ4v) is 4.33. The number of thioether (sulfide) groups is 2. The number of hydrogen-bond acceptors (Lipinski definition) is 6. The van der Waals surface area contributed by atoms with Gasteiger partial charge in [0.25, 0.3) is 0 Å². The van der Waals surface area contributed by atoms with E-state index in [0.29, 0.717) is 19.0 Å². The molecular formula is C15H18N2O3S2. The number of carbonyl (C=O) groups is 1. The molecule has 0 aliphatic carbocycles. The van der Waals surface area contributed by atoms with Crippen molar-refractivity contribution in [3.05, 3.63) is 18.2 Å². The summed E-state index contributed by atoms with van der Waals surface area (Å²) in [5.74, 6) is 2.42. The van der Waals surface area contributed by atoms with Crippen LogP contribution in [0.3, 0.4) is 0 Å². The Morgan fingerprint density at radius 3 is 2.95 bits per heavy atom. The van der Waals surface area contributed by atoms with Crippen molar-refractivity contribution in [3.8, 4) is 11.5 Å². The molecule has 1 amide bonds. The molecule has 2 heterocycles. The number of hydrogen-bond donors (Lipinski definition) is 1. The number of fused-ring (bicyclic) bond motifs is 1. The Morgan fingerprint density at radius 2 is 2.23 bits per heavy atom. The summed E-state index contributed by atoms with van der Waals surface area (Å²) in [6, 6.07) is 5.48. The van der Waals surface area contributed by atoms with E-state index >= 15 is 0 Å². The Balaban J connectivity index is 1.64. The van der Waals surface area contributed by atoms with Gasteiger partial charge in [0.15, 0.2) is 11.5 Å². The fourth-order valence-electron chi connectivity index (χ4n) is 2.17. The number of rotatable bonds is 4. The van der Waals surface area contributed by atoms with Crippen LogP contribution in [0.1, 0.15) is 13.3 Å². The number of amides is 1. The van der Waals surface area contributed by atoms with Crippen LogP contribution in [0.25, 0.3) is 0 Å². The maximum absolute atomic E-state index is 12.4. The standard InChI is InChI=1S/C15H18N2O3S2/c1-2-13(22-15-16-5-8-21-15)14(18)17-10-3-4-11-12(9-10)20-7-6-19-11/h3-4,9,13H,2,5-8H2,1H3,(H,17,18). The third kappa shape index (κ3) is 3.70. The van der Waals surface area contributed by atoms with Crippen molar-refractivity contribution in [2.24, 2.45) is 4.99 Å². The maximum Gasteiger partial charge on any atom is 0.237 e. The Morgan fingerprint density at radius 1 is 1.41 bits per heavy atom. The second-order valence-corrected chi connectivity index (χ2v) is 7.39. The first-order valence-electron chi connectivity index (χ1n) is 7.30. The first-order valence-corrected chi connectivity index (χ1v) is 9.17. The largest absolute Gasteiger partial charge is 0.486 e. The smallest absolute Gasteiger partial charge is 0.237 e. The zero-order valence-corrected chi connectivity index (χ0v) is 14.0. The summed E-state index contributed by atoms with van der Waals surface area (Å²) in [6.07, 6.45) is 0.765. The van der Waals surface area contributed by atoms with Crippen LogP contribution in [-0.4, -0.2) is 41.0 Å². The molecule has 7 heteroatoms. The minimum atomic E-state index is -0.127. The SMILES string of the molecule is CCC(SC1=NCCS1)C(=O)Nc1ccc2c(c1)OCCO2. The van der Waals surface area contributed by atoms with Gasteiger partial charge in [-0.05, 0) is 18.6 Å². The van der Waals surface area contributed by atoms with Crippen LogP contribution in [0.5, 0.6) is 11.5 Å². The molecule has 2 aliphatic rings. The minimum Gasteiger partial charge on any atom is -0.486 e. The van der Waals surface area contributed by atoms with Crippen molar-refractivity contribution in [3.63, 3.8) is 0 Å². The van der Waals surface area contributed by atoms with Gasteiger partial charge in [0, 0.05) is 17.5 Å². The molecule has 22 heavy (non-hydrogen) atoms. The van der Waals surface area contributed by atoms with Crippen LogP contribution < -0.4 is 14.8 Å². The van der Waals surface area contributed by atoms with Crippen LogP contribution in [0, 0.1) is 0 Å². The number of benzene rings is 1. The van der Waals surface area contributed by atoms with E-state index < -0.39 is 0 Å². The number of nitrogens with one attached hydrogen (secondary N) is 1. The predicted octanol–water partition coefficient (Wildman–Crippen LogP) is 3.01. The van der Waals surface area contributed by atoms with E-state index in [1.807, 2.05) is 25.1 Å². The van der Waals surface area contributed by atoms with Gasteiger partial charge in [-0.25, -0.2) is 0 Å². The Bertz CT molecular complexity index is 592. The molecule has 0 bridgehead atoms. The zero-order chi connectivity index (χ0) is 15.4. The molecule has 5 nitrogen and oxygen atoms in total. The lowest BCUT2D eigenvalue weighted by Gasteiger charge is -2.19. The lowest BCUT2D eigenvalue weighted by atomic mass is 10.2. The van der Waals surface area contributed by atoms with E-state index in [1.54, 1.807) is 23.5 Å². The molecule has 2 aliphatic heterocycles. The van der Waals surface area contributed by atoms with Gasteiger partial charge in [0.1, 0.15) is 17.6 Å². The van der Waals surface area contributed by atoms with Crippen molar-refractivity contribution >= 4 is 39.5 Å². The molecule has 0 saturated carbocycles. The van der Waals surface area contributed by atoms with Crippen molar-refractivity contribution in [1.82, 2.24) is 0 Å². The van der Waals surface area contributed by atoms with E-state index in [4.69, 9.17) is 9.47 Å². The quantitative estimate of drug-likeness (QED) is 0.914. The van der Waals surface area contributed by atoms with Gasteiger partial charge in [-0.1, -0.05) is 30.4 Å². The predicted molar refractivity (Wildman–Crippen MR) is 92.5 cm³/mol. The topological polar surface area (TPSA) is 59.9 Å². The number of anilines is 1. The highest BCUT2D eigenvalue weighted by Gasteiger charge is 2.22. The normalized spacial score (nSPS) is 17.8. The average Bonchev–Trinajstić information content (AvgIpc) is 3.05. The van der Waals surface area contributed by atoms with E-state index in [2.05, 4.69) is 10.3 Å². The lowest BCUT2D eigenvalue weighted by molar-refractivity contribution is -0.115. The monoisotopic (exact) mass is 338 g/mol. The van der Waals surface area contributed by atoms with Gasteiger partial charge in [-0.2, -0.15) is 0 Å². The third-order valence-corrected chi connectivity index (χ3v) is 5.84. The van der Waals surface area contributed by atoms with E-state index in [1.165, 1.54) is 0 Å². The van der Waals surface area contributed by atoms with Crippen LogP contribution >= 0.6 is 23.5 Å². The zero-order valence-electron chi connectivity index (χ0n) is 12.3. The second-order valence-electron chi connectivity index (χ2n) is 4.86. The van der Waals surface area contributed by atoms with Gasteiger partial charge < -0.3 is 14.8 Å². The van der Waals surface area contributed by atoms with Crippen LogP contribution in [0.4, 0.5) is 5.69 Å².